The Morgan fingerprint density at radius 3 is 1.90 bits per heavy atom. The Morgan fingerprint density at radius 2 is 1.44 bits per heavy atom. The number of carbonyl (C=O) groups is 2. The van der Waals surface area contributed by atoms with Gasteiger partial charge in [-0.2, -0.15) is 0 Å². The zero-order valence-corrected chi connectivity index (χ0v) is 27.2. The van der Waals surface area contributed by atoms with Crippen LogP contribution in [0.2, 0.25) is 0 Å². The van der Waals surface area contributed by atoms with Gasteiger partial charge in [-0.3, -0.25) is 0 Å². The Kier molecular flexibility index (Phi) is 13.3. The van der Waals surface area contributed by atoms with E-state index < -0.39 is 28.7 Å². The van der Waals surface area contributed by atoms with Gasteiger partial charge in [-0.25, -0.2) is 0 Å². The number of nitro groups is 1. The molecule has 1 aromatic rings. The van der Waals surface area contributed by atoms with Crippen LogP contribution in [0.1, 0.15) is 91.5 Å². The fourth-order valence-electron chi connectivity index (χ4n) is 5.73. The Balaban J connectivity index is 2.92. The van der Waals surface area contributed by atoms with E-state index in [0.29, 0.717) is 23.1 Å². The van der Waals surface area contributed by atoms with Crippen LogP contribution in [0, 0.1) is 10.1 Å². The van der Waals surface area contributed by atoms with E-state index in [-0.39, 0.29) is 30.0 Å². The van der Waals surface area contributed by atoms with Gasteiger partial charge in [-0.05, 0) is 0 Å². The quantitative estimate of drug-likeness (QED) is 0.0823. The molecule has 0 saturated heterocycles. The van der Waals surface area contributed by atoms with Crippen molar-refractivity contribution in [2.75, 3.05) is 37.9 Å². The van der Waals surface area contributed by atoms with Gasteiger partial charge in [0.15, 0.2) is 0 Å². The number of rotatable bonds is 17. The van der Waals surface area contributed by atoms with Gasteiger partial charge in [-0.1, -0.05) is 0 Å². The van der Waals surface area contributed by atoms with Gasteiger partial charge in [0.2, 0.25) is 0 Å². The summed E-state index contributed by atoms with van der Waals surface area (Å²) in [6.07, 6.45) is 9.24. The van der Waals surface area contributed by atoms with E-state index >= 15 is 0 Å². The Morgan fingerprint density at radius 1 is 0.927 bits per heavy atom. The molecule has 8 nitrogen and oxygen atoms in total. The molecule has 1 aliphatic rings. The summed E-state index contributed by atoms with van der Waals surface area (Å²) in [6, 6.07) is 6.09. The molecule has 1 atom stereocenters. The minimum atomic E-state index is -2.92. The van der Waals surface area contributed by atoms with Crippen molar-refractivity contribution in [1.82, 2.24) is 5.32 Å². The number of dihydropyridines is 1. The molecule has 1 unspecified atom stereocenters. The normalized spacial score (nSPS) is 16.6. The van der Waals surface area contributed by atoms with E-state index in [1.54, 1.807) is 32.9 Å². The van der Waals surface area contributed by atoms with Crippen LogP contribution in [0.3, 0.4) is 0 Å². The van der Waals surface area contributed by atoms with Gasteiger partial charge in [0, 0.05) is 0 Å². The first-order chi connectivity index (χ1) is 19.5. The van der Waals surface area contributed by atoms with Crippen molar-refractivity contribution in [1.29, 1.82) is 0 Å². The predicted molar refractivity (Wildman–Crippen MR) is 169 cm³/mol. The number of hydrogen-bond acceptors (Lipinski definition) is 7. The zero-order chi connectivity index (χ0) is 30.7. The molecule has 0 radical (unpaired) electrons. The molecule has 2 rings (SSSR count). The van der Waals surface area contributed by atoms with Crippen molar-refractivity contribution in [2.45, 2.75) is 86.0 Å². The number of nitrogens with zero attached hydrogens (tertiary/aromatic N) is 1. The second-order valence-corrected chi connectivity index (χ2v) is 19.2. The summed E-state index contributed by atoms with van der Waals surface area (Å²) in [6.45, 7) is 12.0. The number of non-ortho nitro benzene ring substituents is 1. The van der Waals surface area contributed by atoms with Gasteiger partial charge in [0.05, 0.1) is 0 Å². The Labute approximate surface area is 250 Å². The van der Waals surface area contributed by atoms with Crippen LogP contribution >= 0.6 is 17.2 Å². The van der Waals surface area contributed by atoms with E-state index in [9.17, 15) is 19.7 Å². The van der Waals surface area contributed by atoms with Crippen molar-refractivity contribution in [2.24, 2.45) is 0 Å². The van der Waals surface area contributed by atoms with E-state index in [2.05, 4.69) is 26.1 Å². The molecule has 1 aromatic carbocycles. The molecule has 1 heterocycles. The minimum absolute atomic E-state index is 0.127. The number of allylic oxidation sites excluding steroid dienone is 2. The SMILES string of the molecule is CCCCP(Cl)(CCCC)(CCCC)CC1=C(C(=O)OCC)C(c2cccc([N+](=O)[O-])c2)C(C(=O)OCC)=C(C)N1. The third-order valence-corrected chi connectivity index (χ3v) is 15.1. The van der Waals surface area contributed by atoms with Crippen LogP contribution in [-0.2, 0) is 19.1 Å². The van der Waals surface area contributed by atoms with Crippen LogP contribution in [0.25, 0.3) is 0 Å². The summed E-state index contributed by atoms with van der Waals surface area (Å²) >= 11 is 7.98. The number of carbonyl (C=O) groups excluding carboxylic acids is 2. The average Bonchev–Trinajstić information content (AvgIpc) is 2.94. The summed E-state index contributed by atoms with van der Waals surface area (Å²) in [5.41, 5.74) is 2.05. The van der Waals surface area contributed by atoms with E-state index in [4.69, 9.17) is 20.7 Å². The van der Waals surface area contributed by atoms with Gasteiger partial charge < -0.3 is 0 Å². The number of ether oxygens (including phenoxy) is 2. The van der Waals surface area contributed by atoms with Gasteiger partial charge in [-0.15, -0.1) is 0 Å². The maximum atomic E-state index is 13.8. The Bertz CT molecular complexity index is 1140. The van der Waals surface area contributed by atoms with E-state index in [1.165, 1.54) is 12.1 Å². The number of hydrogen-bond donors (Lipinski definition) is 1. The first-order valence-corrected chi connectivity index (χ1v) is 18.9. The number of esters is 2. The first-order valence-electron chi connectivity index (χ1n) is 15.0. The van der Waals surface area contributed by atoms with Crippen molar-refractivity contribution in [3.8, 4) is 0 Å². The maximum absolute atomic E-state index is 13.8. The molecule has 0 saturated carbocycles. The average molecular weight is 611 g/mol. The number of unbranched alkanes of at least 4 members (excludes halogenated alkanes) is 3. The van der Waals surface area contributed by atoms with E-state index in [0.717, 1.165) is 57.0 Å². The van der Waals surface area contributed by atoms with Crippen molar-refractivity contribution in [3.63, 3.8) is 0 Å². The number of nitro benzene ring substituents is 1. The summed E-state index contributed by atoms with van der Waals surface area (Å²) in [5.74, 6) is -4.97. The second kappa shape index (κ2) is 15.7. The van der Waals surface area contributed by atoms with Gasteiger partial charge in [0.1, 0.15) is 0 Å². The number of halogens is 1. The molecule has 1 aliphatic heterocycles. The third-order valence-electron chi connectivity index (χ3n) is 7.81. The van der Waals surface area contributed by atoms with Crippen molar-refractivity contribution in [3.05, 3.63) is 62.5 Å². The second-order valence-electron chi connectivity index (χ2n) is 11.0. The monoisotopic (exact) mass is 610 g/mol. The molecule has 0 spiro atoms. The molecule has 1 N–H and O–H groups in total. The molecular formula is C31H48ClN2O6P. The molecule has 230 valence electrons. The van der Waals surface area contributed by atoms with Crippen molar-refractivity contribution >= 4 is 34.8 Å². The van der Waals surface area contributed by atoms with Crippen LogP contribution < -0.4 is 5.32 Å². The van der Waals surface area contributed by atoms with Crippen LogP contribution in [0.5, 0.6) is 0 Å². The Hall–Kier alpha value is -2.44. The number of nitrogens with one attached hydrogen (secondary N) is 1. The third kappa shape index (κ3) is 8.78. The molecule has 10 heteroatoms. The summed E-state index contributed by atoms with van der Waals surface area (Å²) < 4.78 is 11.0. The summed E-state index contributed by atoms with van der Waals surface area (Å²) in [5, 5.41) is 15.1. The van der Waals surface area contributed by atoms with Crippen LogP contribution in [0.4, 0.5) is 5.69 Å². The van der Waals surface area contributed by atoms with Gasteiger partial charge in [0.25, 0.3) is 0 Å². The molecule has 41 heavy (non-hydrogen) atoms. The molecular weight excluding hydrogens is 563 g/mol. The predicted octanol–water partition coefficient (Wildman–Crippen LogP) is 8.04. The zero-order valence-electron chi connectivity index (χ0n) is 25.6. The fraction of sp³-hybridized carbons (Fsp3) is 0.613. The van der Waals surface area contributed by atoms with Gasteiger partial charge >= 0.3 is 250 Å². The van der Waals surface area contributed by atoms with E-state index in [1.807, 2.05) is 0 Å². The molecule has 0 bridgehead atoms. The standard InChI is InChI=1S/C31H48ClN2O6P/c1-7-12-18-41(32,19-13-8-2,20-14-9-3)22-26-29(31(36)40-11-5)28(24-16-15-17-25(21-24)34(37)38)27(23(6)33-26)30(35)39-10-4/h15-17,21,28,33H,7-14,18-20,22H2,1-6H3. The molecule has 0 aliphatic carbocycles. The molecule has 0 amide bonds. The topological polar surface area (TPSA) is 108 Å². The van der Waals surface area contributed by atoms with Crippen molar-refractivity contribution < 1.29 is 24.0 Å². The summed E-state index contributed by atoms with van der Waals surface area (Å²) in [4.78, 5) is 38.4. The first kappa shape index (κ1) is 34.8. The van der Waals surface area contributed by atoms with Crippen LogP contribution in [-0.4, -0.2) is 54.7 Å². The molecule has 0 fully saturated rings. The molecule has 0 aromatic heterocycles. The fourth-order valence-corrected chi connectivity index (χ4v) is 12.7. The van der Waals surface area contributed by atoms with Crippen LogP contribution in [0.15, 0.2) is 46.8 Å². The number of benzene rings is 1. The summed E-state index contributed by atoms with van der Waals surface area (Å²) in [7, 11) is 0.